The van der Waals surface area contributed by atoms with Crippen molar-refractivity contribution in [2.75, 3.05) is 13.8 Å². The fourth-order valence-corrected chi connectivity index (χ4v) is 5.15. The SMILES string of the molecule is C[N-][Si](C)(C)[c-]1c(C)c(C)c2cc3c(cc21)OCO3.[Li+].[Li+]. The van der Waals surface area contributed by atoms with Gasteiger partial charge in [-0.15, -0.1) is 16.3 Å². The molecule has 1 aliphatic rings. The summed E-state index contributed by atoms with van der Waals surface area (Å²) in [5.74, 6) is 1.72. The number of aryl methyl sites for hydroxylation is 1. The van der Waals surface area contributed by atoms with Crippen LogP contribution in [0.5, 0.6) is 11.5 Å². The van der Waals surface area contributed by atoms with Gasteiger partial charge in [0.1, 0.15) is 11.5 Å². The molecule has 0 unspecified atom stereocenters. The van der Waals surface area contributed by atoms with Crippen LogP contribution in [-0.2, 0) is 0 Å². The number of rotatable bonds is 2. The Balaban J connectivity index is 0.00000110. The third-order valence-corrected chi connectivity index (χ3v) is 7.28. The van der Waals surface area contributed by atoms with Gasteiger partial charge in [-0.05, 0) is 0 Å². The van der Waals surface area contributed by atoms with E-state index < -0.39 is 8.24 Å². The van der Waals surface area contributed by atoms with Crippen LogP contribution in [-0.4, -0.2) is 22.1 Å². The van der Waals surface area contributed by atoms with Crippen LogP contribution in [0, 0.1) is 13.8 Å². The van der Waals surface area contributed by atoms with E-state index in [0.717, 1.165) is 11.5 Å². The van der Waals surface area contributed by atoms with Crippen molar-refractivity contribution in [3.63, 3.8) is 0 Å². The molecule has 0 aliphatic carbocycles. The molecule has 6 heteroatoms. The number of fused-ring (bicyclic) bond motifs is 2. The summed E-state index contributed by atoms with van der Waals surface area (Å²) in [6.45, 7) is 9.30. The fraction of sp³-hybridized carbons (Fsp3) is 0.400. The quantitative estimate of drug-likeness (QED) is 0.446. The van der Waals surface area contributed by atoms with E-state index >= 15 is 0 Å². The van der Waals surface area contributed by atoms with Crippen LogP contribution in [0.4, 0.5) is 0 Å². The molecular formula is C15H19Li2NO2Si. The summed E-state index contributed by atoms with van der Waals surface area (Å²) in [6, 6.07) is 4.25. The number of ether oxygens (including phenoxy) is 2. The van der Waals surface area contributed by atoms with Crippen LogP contribution in [0.3, 0.4) is 0 Å². The summed E-state index contributed by atoms with van der Waals surface area (Å²) in [7, 11) is 0.192. The number of nitrogens with zero attached hydrogens (tertiary/aromatic N) is 1. The molecule has 21 heavy (non-hydrogen) atoms. The van der Waals surface area contributed by atoms with Crippen molar-refractivity contribution in [3.05, 3.63) is 28.2 Å². The molecule has 0 aromatic heterocycles. The molecule has 2 aromatic rings. The third kappa shape index (κ3) is 2.86. The van der Waals surface area contributed by atoms with Gasteiger partial charge < -0.3 is 14.5 Å². The number of hydrogen-bond acceptors (Lipinski definition) is 2. The zero-order valence-electron chi connectivity index (χ0n) is 14.1. The summed E-state index contributed by atoms with van der Waals surface area (Å²) in [4.78, 5) is 4.68. The molecule has 3 nitrogen and oxygen atoms in total. The second-order valence-electron chi connectivity index (χ2n) is 5.66. The van der Waals surface area contributed by atoms with Crippen LogP contribution >= 0.6 is 0 Å². The van der Waals surface area contributed by atoms with Crippen molar-refractivity contribution in [3.8, 4) is 11.5 Å². The van der Waals surface area contributed by atoms with Crippen LogP contribution in [0.15, 0.2) is 12.1 Å². The Morgan fingerprint density at radius 2 is 1.67 bits per heavy atom. The van der Waals surface area contributed by atoms with Crippen LogP contribution in [0.25, 0.3) is 15.8 Å². The van der Waals surface area contributed by atoms with Gasteiger partial charge in [0.15, 0.2) is 0 Å². The maximum absolute atomic E-state index is 5.52. The van der Waals surface area contributed by atoms with Gasteiger partial charge >= 0.3 is 37.7 Å². The topological polar surface area (TPSA) is 32.6 Å². The Labute approximate surface area is 151 Å². The summed E-state index contributed by atoms with van der Waals surface area (Å²) < 4.78 is 11.0. The molecule has 0 radical (unpaired) electrons. The molecule has 0 fully saturated rings. The zero-order valence-corrected chi connectivity index (χ0v) is 15.1. The first-order valence-corrected chi connectivity index (χ1v) is 9.51. The first-order valence-electron chi connectivity index (χ1n) is 6.56. The van der Waals surface area contributed by atoms with Gasteiger partial charge in [0.05, 0.1) is 0 Å². The largest absolute Gasteiger partial charge is 1.00 e. The van der Waals surface area contributed by atoms with Crippen molar-refractivity contribution in [2.24, 2.45) is 0 Å². The van der Waals surface area contributed by atoms with Crippen molar-refractivity contribution < 1.29 is 47.2 Å². The van der Waals surface area contributed by atoms with Gasteiger partial charge in [-0.2, -0.15) is 17.8 Å². The fourth-order valence-electron chi connectivity index (χ4n) is 2.95. The van der Waals surface area contributed by atoms with E-state index in [-0.39, 0.29) is 37.7 Å². The van der Waals surface area contributed by atoms with E-state index in [1.54, 1.807) is 0 Å². The summed E-state index contributed by atoms with van der Waals surface area (Å²) in [5.41, 5.74) is 2.72. The van der Waals surface area contributed by atoms with E-state index in [1.165, 1.54) is 27.1 Å². The molecule has 1 heterocycles. The minimum absolute atomic E-state index is 0. The summed E-state index contributed by atoms with van der Waals surface area (Å²) in [6.07, 6.45) is 0. The number of hydrogen-bond donors (Lipinski definition) is 0. The second-order valence-corrected chi connectivity index (χ2v) is 9.72. The van der Waals surface area contributed by atoms with E-state index in [9.17, 15) is 0 Å². The third-order valence-electron chi connectivity index (χ3n) is 4.29. The molecule has 0 saturated carbocycles. The molecule has 0 saturated heterocycles. The predicted octanol–water partition coefficient (Wildman–Crippen LogP) is -2.67. The molecule has 102 valence electrons. The first-order chi connectivity index (χ1) is 8.95. The molecule has 2 aromatic carbocycles. The Hall–Kier alpha value is -0.198. The van der Waals surface area contributed by atoms with Crippen molar-refractivity contribution in [2.45, 2.75) is 26.9 Å². The normalized spacial score (nSPS) is 13.0. The maximum atomic E-state index is 5.52. The maximum Gasteiger partial charge on any atom is 1.00 e. The van der Waals surface area contributed by atoms with Crippen LogP contribution < -0.4 is 52.4 Å². The minimum atomic E-state index is -1.75. The van der Waals surface area contributed by atoms with E-state index in [0.29, 0.717) is 6.79 Å². The average Bonchev–Trinajstić information content (AvgIpc) is 2.92. The van der Waals surface area contributed by atoms with Gasteiger partial charge in [-0.25, -0.2) is 0 Å². The van der Waals surface area contributed by atoms with E-state index in [1.807, 2.05) is 7.05 Å². The van der Waals surface area contributed by atoms with Gasteiger partial charge in [-0.3, -0.25) is 0 Å². The van der Waals surface area contributed by atoms with Gasteiger partial charge in [0.25, 0.3) is 0 Å². The Bertz CT molecular complexity index is 667. The zero-order chi connectivity index (χ0) is 13.8. The molecule has 0 bridgehead atoms. The molecule has 1 aliphatic heterocycles. The average molecular weight is 287 g/mol. The van der Waals surface area contributed by atoms with Crippen molar-refractivity contribution >= 4 is 24.2 Å². The van der Waals surface area contributed by atoms with Crippen LogP contribution in [0.1, 0.15) is 11.1 Å². The number of benzene rings is 1. The first kappa shape index (κ1) is 18.8. The van der Waals surface area contributed by atoms with E-state index in [4.69, 9.17) is 9.47 Å². The van der Waals surface area contributed by atoms with E-state index in [2.05, 4.69) is 44.1 Å². The molecule has 0 spiro atoms. The van der Waals surface area contributed by atoms with Crippen LogP contribution in [0.2, 0.25) is 13.1 Å². The smallest absolute Gasteiger partial charge is 0.671 e. The predicted molar refractivity (Wildman–Crippen MR) is 81.5 cm³/mol. The van der Waals surface area contributed by atoms with Crippen molar-refractivity contribution in [1.82, 2.24) is 0 Å². The molecule has 0 N–H and O–H groups in total. The summed E-state index contributed by atoms with van der Waals surface area (Å²) >= 11 is 0. The monoisotopic (exact) mass is 287 g/mol. The van der Waals surface area contributed by atoms with Crippen molar-refractivity contribution in [1.29, 1.82) is 0 Å². The van der Waals surface area contributed by atoms with Gasteiger partial charge in [0.2, 0.25) is 6.79 Å². The molecule has 0 atom stereocenters. The molecular weight excluding hydrogens is 268 g/mol. The second kappa shape index (κ2) is 6.51. The van der Waals surface area contributed by atoms with Gasteiger partial charge in [0, 0.05) is 0 Å². The summed E-state index contributed by atoms with van der Waals surface area (Å²) in [5, 5.41) is 4.00. The standard InChI is InChI=1S/C15H19NO2Si.2Li/c1-9-10(2)15(19(4,5)16-3)12-7-14-13(6-11(9)12)17-8-18-14;;/h6-7H,8H2,1-5H3;;/q-2;2*+1. The Morgan fingerprint density at radius 1 is 1.10 bits per heavy atom. The Kier molecular flexibility index (Phi) is 5.84. The minimum Gasteiger partial charge on any atom is -0.671 e. The van der Waals surface area contributed by atoms with Gasteiger partial charge in [-0.1, -0.05) is 47.3 Å². The molecule has 3 rings (SSSR count). The Morgan fingerprint density at radius 3 is 2.24 bits per heavy atom. The molecule has 0 amide bonds.